The molecule has 0 bridgehead atoms. The second-order valence-corrected chi connectivity index (χ2v) is 3.32. The molecule has 1 unspecified atom stereocenters. The first-order chi connectivity index (χ1) is 6.78. The molecule has 1 aliphatic heterocycles. The number of allylic oxidation sites excluding steroid dienone is 1. The van der Waals surface area contributed by atoms with Crippen molar-refractivity contribution in [2.24, 2.45) is 0 Å². The fraction of sp³-hybridized carbons (Fsp3) is 0.667. The minimum Gasteiger partial charge on any atom is -0.430 e. The molecule has 6 heteroatoms. The molecule has 1 heterocycles. The van der Waals surface area contributed by atoms with Crippen LogP contribution in [-0.2, 0) is 14.3 Å². The molecule has 0 N–H and O–H groups in total. The number of hydrogen-bond donors (Lipinski definition) is 0. The Labute approximate surface area is 84.8 Å². The lowest BCUT2D eigenvalue weighted by atomic mass is 10.1. The number of carbonyl (C=O) groups excluding carboxylic acids is 1. The van der Waals surface area contributed by atoms with Gasteiger partial charge >= 0.3 is 12.1 Å². The van der Waals surface area contributed by atoms with Crippen molar-refractivity contribution in [2.45, 2.75) is 32.2 Å². The molecule has 0 spiro atoms. The van der Waals surface area contributed by atoms with Crippen LogP contribution in [0.25, 0.3) is 0 Å². The molecular formula is C9H11F3O3. The summed E-state index contributed by atoms with van der Waals surface area (Å²) in [5.41, 5.74) is -1.31. The van der Waals surface area contributed by atoms with Crippen LogP contribution >= 0.6 is 0 Å². The highest BCUT2D eigenvalue weighted by molar-refractivity contribution is 5.90. The second-order valence-electron chi connectivity index (χ2n) is 3.32. The number of halogens is 3. The quantitative estimate of drug-likeness (QED) is 0.532. The molecule has 0 amide bonds. The Morgan fingerprint density at radius 1 is 1.53 bits per heavy atom. The van der Waals surface area contributed by atoms with Crippen LogP contribution in [0.3, 0.4) is 0 Å². The molecule has 1 atom stereocenters. The minimum atomic E-state index is -4.69. The second kappa shape index (κ2) is 3.84. The van der Waals surface area contributed by atoms with Gasteiger partial charge in [-0.1, -0.05) is 6.08 Å². The van der Waals surface area contributed by atoms with E-state index in [1.54, 1.807) is 0 Å². The van der Waals surface area contributed by atoms with Gasteiger partial charge in [0.2, 0.25) is 5.79 Å². The van der Waals surface area contributed by atoms with E-state index in [4.69, 9.17) is 4.74 Å². The normalized spacial score (nSPS) is 27.1. The maximum absolute atomic E-state index is 12.3. The molecule has 0 aromatic heterocycles. The average Bonchev–Trinajstić information content (AvgIpc) is 1.99. The summed E-state index contributed by atoms with van der Waals surface area (Å²) in [5.74, 6) is -2.59. The van der Waals surface area contributed by atoms with E-state index < -0.39 is 23.5 Å². The Hall–Kier alpha value is -1.04. The highest BCUT2D eigenvalue weighted by Gasteiger charge is 2.44. The van der Waals surface area contributed by atoms with Gasteiger partial charge in [-0.15, -0.1) is 0 Å². The highest BCUT2D eigenvalue weighted by Crippen LogP contribution is 2.32. The number of esters is 1. The van der Waals surface area contributed by atoms with Gasteiger partial charge in [0.15, 0.2) is 0 Å². The summed E-state index contributed by atoms with van der Waals surface area (Å²) >= 11 is 0. The first-order valence-electron chi connectivity index (χ1n) is 4.39. The third-order valence-corrected chi connectivity index (χ3v) is 2.09. The summed E-state index contributed by atoms with van der Waals surface area (Å²) < 4.78 is 46.2. The Morgan fingerprint density at radius 3 is 2.33 bits per heavy atom. The van der Waals surface area contributed by atoms with E-state index in [1.165, 1.54) is 6.92 Å². The van der Waals surface area contributed by atoms with Gasteiger partial charge in [-0.2, -0.15) is 13.2 Å². The van der Waals surface area contributed by atoms with E-state index in [-0.39, 0.29) is 0 Å². The van der Waals surface area contributed by atoms with E-state index in [0.717, 1.165) is 6.92 Å². The molecule has 3 nitrogen and oxygen atoms in total. The Bertz CT molecular complexity index is 289. The highest BCUT2D eigenvalue weighted by atomic mass is 19.4. The van der Waals surface area contributed by atoms with Crippen LogP contribution in [0.2, 0.25) is 0 Å². The van der Waals surface area contributed by atoms with E-state index in [9.17, 15) is 18.0 Å². The smallest absolute Gasteiger partial charge is 0.423 e. The van der Waals surface area contributed by atoms with Crippen LogP contribution in [0.15, 0.2) is 11.6 Å². The van der Waals surface area contributed by atoms with Crippen molar-refractivity contribution >= 4 is 5.97 Å². The van der Waals surface area contributed by atoms with Crippen LogP contribution in [0.4, 0.5) is 13.2 Å². The van der Waals surface area contributed by atoms with Crippen molar-refractivity contribution in [2.75, 3.05) is 6.61 Å². The standard InChI is InChI=1S/C9H11F3O3/c1-3-6(9(10,11)12)7(13)15-8(2)4-5-14-8/h3H,4-5H2,1-2H3. The van der Waals surface area contributed by atoms with Gasteiger partial charge in [0.25, 0.3) is 0 Å². The van der Waals surface area contributed by atoms with E-state index in [0.29, 0.717) is 19.1 Å². The van der Waals surface area contributed by atoms with Crippen molar-refractivity contribution in [3.8, 4) is 0 Å². The Kier molecular flexibility index (Phi) is 3.08. The summed E-state index contributed by atoms with van der Waals surface area (Å²) in [6.45, 7) is 2.95. The third-order valence-electron chi connectivity index (χ3n) is 2.09. The topological polar surface area (TPSA) is 35.5 Å². The first kappa shape index (κ1) is 12.0. The monoisotopic (exact) mass is 224 g/mol. The summed E-state index contributed by atoms with van der Waals surface area (Å²) in [7, 11) is 0. The lowest BCUT2D eigenvalue weighted by molar-refractivity contribution is -0.281. The summed E-state index contributed by atoms with van der Waals surface area (Å²) in [5, 5.41) is 0. The molecule has 1 saturated heterocycles. The van der Waals surface area contributed by atoms with E-state index in [2.05, 4.69) is 4.74 Å². The molecule has 0 radical (unpaired) electrons. The predicted octanol–water partition coefficient (Wildman–Crippen LogP) is 2.17. The molecule has 1 fully saturated rings. The maximum Gasteiger partial charge on any atom is 0.423 e. The zero-order valence-corrected chi connectivity index (χ0v) is 8.35. The lowest BCUT2D eigenvalue weighted by Gasteiger charge is -2.37. The van der Waals surface area contributed by atoms with Gasteiger partial charge in [-0.05, 0) is 6.92 Å². The minimum absolute atomic E-state index is 0.390. The molecule has 0 aromatic rings. The van der Waals surface area contributed by atoms with Crippen molar-refractivity contribution in [1.82, 2.24) is 0 Å². The summed E-state index contributed by atoms with van der Waals surface area (Å²) in [4.78, 5) is 11.1. The van der Waals surface area contributed by atoms with Gasteiger partial charge < -0.3 is 9.47 Å². The zero-order valence-electron chi connectivity index (χ0n) is 8.35. The molecular weight excluding hydrogens is 213 g/mol. The third kappa shape index (κ3) is 2.71. The number of rotatable bonds is 2. The van der Waals surface area contributed by atoms with Gasteiger partial charge in [-0.3, -0.25) is 0 Å². The van der Waals surface area contributed by atoms with Crippen LogP contribution < -0.4 is 0 Å². The molecule has 0 aromatic carbocycles. The molecule has 0 saturated carbocycles. The average molecular weight is 224 g/mol. The Morgan fingerprint density at radius 2 is 2.07 bits per heavy atom. The number of alkyl halides is 3. The maximum atomic E-state index is 12.3. The zero-order chi connectivity index (χ0) is 11.7. The lowest BCUT2D eigenvalue weighted by Crippen LogP contribution is -2.45. The van der Waals surface area contributed by atoms with Crippen LogP contribution in [0, 0.1) is 0 Å². The van der Waals surface area contributed by atoms with Crippen molar-refractivity contribution in [3.63, 3.8) is 0 Å². The summed E-state index contributed by atoms with van der Waals surface area (Å²) in [6.07, 6.45) is -3.59. The van der Waals surface area contributed by atoms with E-state index >= 15 is 0 Å². The summed E-state index contributed by atoms with van der Waals surface area (Å²) in [6, 6.07) is 0. The van der Waals surface area contributed by atoms with Gasteiger partial charge in [0.1, 0.15) is 5.57 Å². The van der Waals surface area contributed by atoms with Gasteiger partial charge in [-0.25, -0.2) is 4.79 Å². The molecule has 1 aliphatic rings. The van der Waals surface area contributed by atoms with Crippen LogP contribution in [0.1, 0.15) is 20.3 Å². The predicted molar refractivity (Wildman–Crippen MR) is 44.9 cm³/mol. The molecule has 15 heavy (non-hydrogen) atoms. The van der Waals surface area contributed by atoms with E-state index in [1.807, 2.05) is 0 Å². The molecule has 1 rings (SSSR count). The van der Waals surface area contributed by atoms with Crippen molar-refractivity contribution in [3.05, 3.63) is 11.6 Å². The number of hydrogen-bond acceptors (Lipinski definition) is 3. The SMILES string of the molecule is CC=C(C(=O)OC1(C)CCO1)C(F)(F)F. The molecule has 0 aliphatic carbocycles. The van der Waals surface area contributed by atoms with Crippen molar-refractivity contribution in [1.29, 1.82) is 0 Å². The Balaban J connectivity index is 2.67. The number of carbonyl (C=O) groups is 1. The van der Waals surface area contributed by atoms with Crippen molar-refractivity contribution < 1.29 is 27.4 Å². The fourth-order valence-electron chi connectivity index (χ4n) is 1.12. The van der Waals surface area contributed by atoms with Gasteiger partial charge in [0.05, 0.1) is 6.61 Å². The first-order valence-corrected chi connectivity index (χ1v) is 4.39. The van der Waals surface area contributed by atoms with Crippen LogP contribution in [0.5, 0.6) is 0 Å². The van der Waals surface area contributed by atoms with Gasteiger partial charge in [0, 0.05) is 13.3 Å². The number of ether oxygens (including phenoxy) is 2. The van der Waals surface area contributed by atoms with Crippen LogP contribution in [-0.4, -0.2) is 24.5 Å². The fourth-order valence-corrected chi connectivity index (χ4v) is 1.12. The largest absolute Gasteiger partial charge is 0.430 e. The molecule has 86 valence electrons.